The predicted molar refractivity (Wildman–Crippen MR) is 132 cm³/mol. The third kappa shape index (κ3) is 4.75. The van der Waals surface area contributed by atoms with Crippen molar-refractivity contribution in [1.29, 1.82) is 0 Å². The number of anilines is 2. The molecule has 0 radical (unpaired) electrons. The molecule has 2 aromatic carbocycles. The number of piperazine rings is 1. The zero-order valence-corrected chi connectivity index (χ0v) is 19.7. The maximum atomic E-state index is 13.4. The molecule has 1 saturated heterocycles. The molecule has 5 rings (SSSR count). The van der Waals surface area contributed by atoms with Gasteiger partial charge in [0.05, 0.1) is 11.6 Å². The third-order valence-electron chi connectivity index (χ3n) is 6.29. The Balaban J connectivity index is 1.25. The molecule has 1 fully saturated rings. The van der Waals surface area contributed by atoms with Crippen LogP contribution in [0.2, 0.25) is 5.02 Å². The number of thiazole rings is 1. The van der Waals surface area contributed by atoms with Gasteiger partial charge in [-0.2, -0.15) is 0 Å². The number of halogens is 1. The van der Waals surface area contributed by atoms with Gasteiger partial charge < -0.3 is 9.80 Å². The predicted octanol–water partition coefficient (Wildman–Crippen LogP) is 4.82. The van der Waals surface area contributed by atoms with Crippen LogP contribution in [0.3, 0.4) is 0 Å². The maximum Gasteiger partial charge on any atom is 0.257 e. The molecule has 1 atom stereocenters. The van der Waals surface area contributed by atoms with Gasteiger partial charge in [-0.25, -0.2) is 4.98 Å². The van der Waals surface area contributed by atoms with E-state index in [0.717, 1.165) is 53.6 Å². The van der Waals surface area contributed by atoms with E-state index in [-0.39, 0.29) is 17.7 Å². The molecule has 33 heavy (non-hydrogen) atoms. The minimum Gasteiger partial charge on any atom is -0.368 e. The molecule has 1 unspecified atom stereocenters. The van der Waals surface area contributed by atoms with Crippen molar-refractivity contribution in [3.05, 3.63) is 75.8 Å². The highest BCUT2D eigenvalue weighted by Crippen LogP contribution is 2.38. The van der Waals surface area contributed by atoms with Gasteiger partial charge in [-0.05, 0) is 55.7 Å². The van der Waals surface area contributed by atoms with Gasteiger partial charge in [-0.1, -0.05) is 29.8 Å². The molecule has 8 heteroatoms. The molecule has 0 bridgehead atoms. The topological polar surface area (TPSA) is 65.5 Å². The Morgan fingerprint density at radius 3 is 2.45 bits per heavy atom. The standard InChI is InChI=1S/C25H25ClN4O2S/c26-18-9-11-19(12-10-18)29-13-15-30(16-14-29)24(32)20-7-4-8-21-22(20)27-25(33-21)28-23(31)17-5-2-1-3-6-17/h1-3,5-6,9-12,20H,4,7-8,13-16H2,(H,27,28,31). The Kier molecular flexibility index (Phi) is 6.33. The molecule has 2 heterocycles. The van der Waals surface area contributed by atoms with Gasteiger partial charge >= 0.3 is 0 Å². The van der Waals surface area contributed by atoms with Crippen molar-refractivity contribution in [2.75, 3.05) is 36.4 Å². The van der Waals surface area contributed by atoms with Crippen LogP contribution < -0.4 is 10.2 Å². The van der Waals surface area contributed by atoms with Crippen LogP contribution in [0.15, 0.2) is 54.6 Å². The van der Waals surface area contributed by atoms with E-state index in [9.17, 15) is 9.59 Å². The molecule has 1 N–H and O–H groups in total. The second-order valence-corrected chi connectivity index (χ2v) is 9.90. The molecule has 1 aromatic heterocycles. The van der Waals surface area contributed by atoms with Crippen molar-refractivity contribution >= 4 is 45.6 Å². The van der Waals surface area contributed by atoms with E-state index in [0.29, 0.717) is 23.8 Å². The van der Waals surface area contributed by atoms with Crippen molar-refractivity contribution in [3.63, 3.8) is 0 Å². The molecular weight excluding hydrogens is 456 g/mol. The Morgan fingerprint density at radius 1 is 1.00 bits per heavy atom. The summed E-state index contributed by atoms with van der Waals surface area (Å²) in [6.45, 7) is 2.97. The number of carbonyl (C=O) groups is 2. The van der Waals surface area contributed by atoms with Gasteiger partial charge in [0.25, 0.3) is 5.91 Å². The maximum absolute atomic E-state index is 13.4. The number of aromatic nitrogens is 1. The molecule has 1 aliphatic heterocycles. The lowest BCUT2D eigenvalue weighted by Crippen LogP contribution is -2.50. The molecule has 0 spiro atoms. The fraction of sp³-hybridized carbons (Fsp3) is 0.320. The van der Waals surface area contributed by atoms with E-state index in [1.165, 1.54) is 11.3 Å². The largest absolute Gasteiger partial charge is 0.368 e. The number of aryl methyl sites for hydroxylation is 1. The highest BCUT2D eigenvalue weighted by Gasteiger charge is 2.34. The minimum atomic E-state index is -0.227. The first kappa shape index (κ1) is 21.9. The Labute approximate surface area is 202 Å². The highest BCUT2D eigenvalue weighted by molar-refractivity contribution is 7.16. The normalized spacial score (nSPS) is 18.0. The summed E-state index contributed by atoms with van der Waals surface area (Å²) in [4.78, 5) is 36.0. The molecular formula is C25H25ClN4O2S. The molecule has 2 aliphatic rings. The summed E-state index contributed by atoms with van der Waals surface area (Å²) in [5.41, 5.74) is 2.57. The first-order valence-corrected chi connectivity index (χ1v) is 12.4. The Morgan fingerprint density at radius 2 is 1.73 bits per heavy atom. The number of hydrogen-bond donors (Lipinski definition) is 1. The zero-order valence-electron chi connectivity index (χ0n) is 18.2. The van der Waals surface area contributed by atoms with Crippen LogP contribution in [0.5, 0.6) is 0 Å². The minimum absolute atomic E-state index is 0.151. The lowest BCUT2D eigenvalue weighted by Gasteiger charge is -2.38. The number of hydrogen-bond acceptors (Lipinski definition) is 5. The molecule has 3 aromatic rings. The number of amides is 2. The van der Waals surface area contributed by atoms with Crippen LogP contribution in [0.4, 0.5) is 10.8 Å². The van der Waals surface area contributed by atoms with Crippen molar-refractivity contribution in [3.8, 4) is 0 Å². The van der Waals surface area contributed by atoms with Crippen LogP contribution in [-0.4, -0.2) is 47.9 Å². The van der Waals surface area contributed by atoms with Crippen LogP contribution in [0, 0.1) is 0 Å². The number of fused-ring (bicyclic) bond motifs is 1. The summed E-state index contributed by atoms with van der Waals surface area (Å²) in [6, 6.07) is 16.9. The van der Waals surface area contributed by atoms with Crippen LogP contribution in [-0.2, 0) is 11.2 Å². The number of nitrogens with one attached hydrogen (secondary N) is 1. The van der Waals surface area contributed by atoms with Crippen molar-refractivity contribution < 1.29 is 9.59 Å². The first-order valence-electron chi connectivity index (χ1n) is 11.2. The van der Waals surface area contributed by atoms with Gasteiger partial charge in [-0.15, -0.1) is 11.3 Å². The quantitative estimate of drug-likeness (QED) is 0.581. The van der Waals surface area contributed by atoms with E-state index < -0.39 is 0 Å². The van der Waals surface area contributed by atoms with Gasteiger partial charge in [0.1, 0.15) is 0 Å². The zero-order chi connectivity index (χ0) is 22.8. The lowest BCUT2D eigenvalue weighted by atomic mass is 9.89. The van der Waals surface area contributed by atoms with E-state index in [4.69, 9.17) is 16.6 Å². The van der Waals surface area contributed by atoms with E-state index in [2.05, 4.69) is 10.2 Å². The smallest absolute Gasteiger partial charge is 0.257 e. The lowest BCUT2D eigenvalue weighted by molar-refractivity contribution is -0.133. The van der Waals surface area contributed by atoms with Crippen molar-refractivity contribution in [2.24, 2.45) is 0 Å². The van der Waals surface area contributed by atoms with Crippen LogP contribution in [0.1, 0.15) is 39.7 Å². The summed E-state index contributed by atoms with van der Waals surface area (Å²) in [5.74, 6) is -0.254. The molecule has 170 valence electrons. The number of carbonyl (C=O) groups excluding carboxylic acids is 2. The summed E-state index contributed by atoms with van der Waals surface area (Å²) in [7, 11) is 0. The van der Waals surface area contributed by atoms with Crippen molar-refractivity contribution in [2.45, 2.75) is 25.2 Å². The fourth-order valence-corrected chi connectivity index (χ4v) is 5.71. The fourth-order valence-electron chi connectivity index (χ4n) is 4.53. The second-order valence-electron chi connectivity index (χ2n) is 8.38. The van der Waals surface area contributed by atoms with Gasteiger partial charge in [0.2, 0.25) is 5.91 Å². The number of nitrogens with zero attached hydrogens (tertiary/aromatic N) is 3. The summed E-state index contributed by atoms with van der Waals surface area (Å²) >= 11 is 7.50. The number of rotatable bonds is 4. The van der Waals surface area contributed by atoms with Gasteiger partial charge in [-0.3, -0.25) is 14.9 Å². The van der Waals surface area contributed by atoms with E-state index >= 15 is 0 Å². The Hall–Kier alpha value is -2.90. The van der Waals surface area contributed by atoms with E-state index in [1.807, 2.05) is 47.4 Å². The van der Waals surface area contributed by atoms with Gasteiger partial charge in [0.15, 0.2) is 5.13 Å². The first-order chi connectivity index (χ1) is 16.1. The van der Waals surface area contributed by atoms with Crippen LogP contribution >= 0.6 is 22.9 Å². The average molecular weight is 481 g/mol. The molecule has 0 saturated carbocycles. The van der Waals surface area contributed by atoms with Crippen LogP contribution in [0.25, 0.3) is 0 Å². The van der Waals surface area contributed by atoms with E-state index in [1.54, 1.807) is 12.1 Å². The summed E-state index contributed by atoms with van der Waals surface area (Å²) < 4.78 is 0. The monoisotopic (exact) mass is 480 g/mol. The molecule has 6 nitrogen and oxygen atoms in total. The summed E-state index contributed by atoms with van der Waals surface area (Å²) in [6.07, 6.45) is 2.67. The number of benzene rings is 2. The molecule has 2 amide bonds. The van der Waals surface area contributed by atoms with Crippen molar-refractivity contribution in [1.82, 2.24) is 9.88 Å². The molecule has 1 aliphatic carbocycles. The third-order valence-corrected chi connectivity index (χ3v) is 7.59. The second kappa shape index (κ2) is 9.53. The highest BCUT2D eigenvalue weighted by atomic mass is 35.5. The average Bonchev–Trinajstić information content (AvgIpc) is 3.27. The van der Waals surface area contributed by atoms with Gasteiger partial charge in [0, 0.05) is 47.3 Å². The SMILES string of the molecule is O=C(Nc1nc2c(s1)CCCC2C(=O)N1CCN(c2ccc(Cl)cc2)CC1)c1ccccc1. The Bertz CT molecular complexity index is 1140. The summed E-state index contributed by atoms with van der Waals surface area (Å²) in [5, 5.41) is 4.21.